The van der Waals surface area contributed by atoms with Crippen LogP contribution in [0, 0.1) is 5.82 Å². The van der Waals surface area contributed by atoms with Gasteiger partial charge in [-0.3, -0.25) is 0 Å². The molecule has 1 rings (SSSR count). The number of benzene rings is 1. The molecular weight excluding hydrogens is 279 g/mol. The molecule has 0 bridgehead atoms. The third kappa shape index (κ3) is 7.38. The Labute approximate surface area is 124 Å². The first kappa shape index (κ1) is 17.8. The lowest BCUT2D eigenvalue weighted by Crippen LogP contribution is -2.13. The average Bonchev–Trinajstić information content (AvgIpc) is 2.45. The van der Waals surface area contributed by atoms with E-state index in [-0.39, 0.29) is 6.61 Å². The van der Waals surface area contributed by atoms with Crippen LogP contribution in [0.15, 0.2) is 18.2 Å². The van der Waals surface area contributed by atoms with Crippen LogP contribution in [-0.4, -0.2) is 51.9 Å². The fourth-order valence-corrected chi connectivity index (χ4v) is 1.65. The molecule has 0 amide bonds. The molecule has 0 saturated heterocycles. The molecule has 1 N–H and O–H groups in total. The fraction of sp³-hybridized carbons (Fsp3) is 0.600. The first-order chi connectivity index (χ1) is 10.1. The van der Waals surface area contributed by atoms with Gasteiger partial charge in [0.15, 0.2) is 0 Å². The molecule has 120 valence electrons. The number of aliphatic hydroxyl groups excluding tert-OH is 1. The van der Waals surface area contributed by atoms with Gasteiger partial charge in [-0.25, -0.2) is 4.39 Å². The zero-order valence-corrected chi connectivity index (χ0v) is 12.5. The minimum atomic E-state index is -0.712. The summed E-state index contributed by atoms with van der Waals surface area (Å²) < 4.78 is 34.0. The Hall–Kier alpha value is -1.21. The van der Waals surface area contributed by atoms with Crippen molar-refractivity contribution < 1.29 is 28.4 Å². The molecule has 0 aliphatic carbocycles. The highest BCUT2D eigenvalue weighted by molar-refractivity contribution is 5.35. The standard InChI is InChI=1S/C15H23FO5/c1-12(17)14-4-3-13(16)11-15(14)21-10-9-20-8-7-19-6-5-18-2/h3-4,11-12,17H,5-10H2,1-2H3/t12-/m1/s1. The summed E-state index contributed by atoms with van der Waals surface area (Å²) in [6, 6.07) is 4.07. The van der Waals surface area contributed by atoms with Gasteiger partial charge in [0.25, 0.3) is 0 Å². The van der Waals surface area contributed by atoms with Gasteiger partial charge in [-0.1, -0.05) is 0 Å². The van der Waals surface area contributed by atoms with Crippen LogP contribution < -0.4 is 4.74 Å². The van der Waals surface area contributed by atoms with Crippen LogP contribution in [0.4, 0.5) is 4.39 Å². The molecule has 0 aromatic heterocycles. The maximum absolute atomic E-state index is 13.2. The normalized spacial score (nSPS) is 12.4. The second-order valence-electron chi connectivity index (χ2n) is 4.42. The van der Waals surface area contributed by atoms with E-state index in [1.807, 2.05) is 0 Å². The number of halogens is 1. The highest BCUT2D eigenvalue weighted by Gasteiger charge is 2.10. The molecule has 21 heavy (non-hydrogen) atoms. The molecule has 0 unspecified atom stereocenters. The molecular formula is C15H23FO5. The number of hydrogen-bond acceptors (Lipinski definition) is 5. The van der Waals surface area contributed by atoms with Crippen LogP contribution >= 0.6 is 0 Å². The molecule has 5 nitrogen and oxygen atoms in total. The van der Waals surface area contributed by atoms with Crippen molar-refractivity contribution in [3.8, 4) is 5.75 Å². The molecule has 6 heteroatoms. The maximum atomic E-state index is 13.2. The minimum absolute atomic E-state index is 0.279. The summed E-state index contributed by atoms with van der Waals surface area (Å²) in [4.78, 5) is 0. The molecule has 0 fully saturated rings. The Morgan fingerprint density at radius 2 is 1.67 bits per heavy atom. The number of hydrogen-bond donors (Lipinski definition) is 1. The zero-order valence-electron chi connectivity index (χ0n) is 12.5. The first-order valence-corrected chi connectivity index (χ1v) is 6.90. The van der Waals surface area contributed by atoms with Crippen molar-refractivity contribution in [1.29, 1.82) is 0 Å². The van der Waals surface area contributed by atoms with Gasteiger partial charge in [-0.05, 0) is 19.1 Å². The Balaban J connectivity index is 2.19. The highest BCUT2D eigenvalue weighted by atomic mass is 19.1. The largest absolute Gasteiger partial charge is 0.491 e. The molecule has 0 saturated carbocycles. The van der Waals surface area contributed by atoms with E-state index in [0.29, 0.717) is 44.3 Å². The summed E-state index contributed by atoms with van der Waals surface area (Å²) in [6.45, 7) is 4.29. The second-order valence-corrected chi connectivity index (χ2v) is 4.42. The predicted octanol–water partition coefficient (Wildman–Crippen LogP) is 1.94. The summed E-state index contributed by atoms with van der Waals surface area (Å²) in [5.41, 5.74) is 0.555. The van der Waals surface area contributed by atoms with Crippen LogP contribution in [-0.2, 0) is 14.2 Å². The molecule has 0 heterocycles. The van der Waals surface area contributed by atoms with Gasteiger partial charge in [0.05, 0.1) is 39.1 Å². The van der Waals surface area contributed by atoms with Gasteiger partial charge in [0.1, 0.15) is 18.2 Å². The van der Waals surface area contributed by atoms with Crippen molar-refractivity contribution in [2.45, 2.75) is 13.0 Å². The van der Waals surface area contributed by atoms with Gasteiger partial charge >= 0.3 is 0 Å². The van der Waals surface area contributed by atoms with Gasteiger partial charge in [-0.15, -0.1) is 0 Å². The first-order valence-electron chi connectivity index (χ1n) is 6.90. The summed E-state index contributed by atoms with van der Waals surface area (Å²) in [5.74, 6) is -0.0631. The fourth-order valence-electron chi connectivity index (χ4n) is 1.65. The molecule has 0 radical (unpaired) electrons. The monoisotopic (exact) mass is 302 g/mol. The van der Waals surface area contributed by atoms with Crippen molar-refractivity contribution in [2.24, 2.45) is 0 Å². The van der Waals surface area contributed by atoms with Crippen molar-refractivity contribution in [3.63, 3.8) is 0 Å². The lowest BCUT2D eigenvalue weighted by Gasteiger charge is -2.13. The molecule has 1 aromatic rings. The van der Waals surface area contributed by atoms with Crippen molar-refractivity contribution >= 4 is 0 Å². The average molecular weight is 302 g/mol. The van der Waals surface area contributed by atoms with E-state index >= 15 is 0 Å². The van der Waals surface area contributed by atoms with Gasteiger partial charge in [0, 0.05) is 18.7 Å². The number of ether oxygens (including phenoxy) is 4. The zero-order chi connectivity index (χ0) is 15.5. The summed E-state index contributed by atoms with van der Waals surface area (Å²) >= 11 is 0. The van der Waals surface area contributed by atoms with Crippen LogP contribution in [0.3, 0.4) is 0 Å². The van der Waals surface area contributed by atoms with Crippen LogP contribution in [0.2, 0.25) is 0 Å². The van der Waals surface area contributed by atoms with Gasteiger partial charge < -0.3 is 24.1 Å². The number of aliphatic hydroxyl groups is 1. The van der Waals surface area contributed by atoms with Crippen LogP contribution in [0.5, 0.6) is 5.75 Å². The second kappa shape index (κ2) is 10.5. The molecule has 0 spiro atoms. The SMILES string of the molecule is COCCOCCOCCOc1cc(F)ccc1[C@@H](C)O. The Bertz CT molecular complexity index is 398. The van der Waals surface area contributed by atoms with E-state index in [1.165, 1.54) is 18.2 Å². The number of rotatable bonds is 11. The van der Waals surface area contributed by atoms with Gasteiger partial charge in [0.2, 0.25) is 0 Å². The third-order valence-electron chi connectivity index (χ3n) is 2.71. The Morgan fingerprint density at radius 1 is 1.05 bits per heavy atom. The summed E-state index contributed by atoms with van der Waals surface area (Å²) in [6.07, 6.45) is -0.712. The van der Waals surface area contributed by atoms with Crippen LogP contribution in [0.1, 0.15) is 18.6 Å². The van der Waals surface area contributed by atoms with E-state index < -0.39 is 11.9 Å². The molecule has 0 aliphatic rings. The van der Waals surface area contributed by atoms with Crippen molar-refractivity contribution in [3.05, 3.63) is 29.6 Å². The lowest BCUT2D eigenvalue weighted by molar-refractivity contribution is 0.0177. The number of methoxy groups -OCH3 is 1. The smallest absolute Gasteiger partial charge is 0.128 e. The molecule has 1 atom stereocenters. The van der Waals surface area contributed by atoms with Crippen LogP contribution in [0.25, 0.3) is 0 Å². The van der Waals surface area contributed by atoms with E-state index in [0.717, 1.165) is 0 Å². The molecule has 1 aromatic carbocycles. The van der Waals surface area contributed by atoms with Crippen molar-refractivity contribution in [2.75, 3.05) is 46.8 Å². The lowest BCUT2D eigenvalue weighted by atomic mass is 10.1. The molecule has 0 aliphatic heterocycles. The summed E-state index contributed by atoms with van der Waals surface area (Å²) in [7, 11) is 1.62. The maximum Gasteiger partial charge on any atom is 0.128 e. The van der Waals surface area contributed by atoms with E-state index in [9.17, 15) is 9.50 Å². The minimum Gasteiger partial charge on any atom is -0.491 e. The Morgan fingerprint density at radius 3 is 2.29 bits per heavy atom. The Kier molecular flexibility index (Phi) is 8.93. The predicted molar refractivity (Wildman–Crippen MR) is 76.0 cm³/mol. The third-order valence-corrected chi connectivity index (χ3v) is 2.71. The van der Waals surface area contributed by atoms with Crippen molar-refractivity contribution in [1.82, 2.24) is 0 Å². The van der Waals surface area contributed by atoms with E-state index in [2.05, 4.69) is 0 Å². The van der Waals surface area contributed by atoms with E-state index in [1.54, 1.807) is 14.0 Å². The summed E-state index contributed by atoms with van der Waals surface area (Å²) in [5, 5.41) is 9.58. The van der Waals surface area contributed by atoms with Gasteiger partial charge in [-0.2, -0.15) is 0 Å². The highest BCUT2D eigenvalue weighted by Crippen LogP contribution is 2.25. The quantitative estimate of drug-likeness (QED) is 0.633. The topological polar surface area (TPSA) is 57.2 Å². The van der Waals surface area contributed by atoms with E-state index in [4.69, 9.17) is 18.9 Å².